The van der Waals surface area contributed by atoms with Gasteiger partial charge >= 0.3 is 0 Å². The van der Waals surface area contributed by atoms with Crippen LogP contribution in [0.15, 0.2) is 132 Å². The van der Waals surface area contributed by atoms with Crippen molar-refractivity contribution in [2.45, 2.75) is 52.4 Å². The van der Waals surface area contributed by atoms with E-state index in [4.69, 9.17) is 4.99 Å². The van der Waals surface area contributed by atoms with Crippen molar-refractivity contribution < 1.29 is 5.11 Å². The highest BCUT2D eigenvalue weighted by atomic mass is 31.2. The molecule has 0 saturated carbocycles. The summed E-state index contributed by atoms with van der Waals surface area (Å²) in [5, 5.41) is 18.6. The number of hydrogen-bond acceptors (Lipinski definition) is 2. The quantitative estimate of drug-likeness (QED) is 0.152. The topological polar surface area (TPSA) is 35.4 Å². The largest absolute Gasteiger partial charge is 0.872 e. The van der Waals surface area contributed by atoms with E-state index in [1.807, 2.05) is 18.3 Å². The zero-order valence-electron chi connectivity index (χ0n) is 25.5. The first-order valence-corrected chi connectivity index (χ1v) is 16.4. The molecule has 5 rings (SSSR count). The maximum atomic E-state index is 13.5. The molecule has 0 atom stereocenters. The van der Waals surface area contributed by atoms with Gasteiger partial charge in [0.15, 0.2) is 0 Å². The van der Waals surface area contributed by atoms with Gasteiger partial charge in [-0.05, 0) is 82.6 Å². The average molecular weight is 570 g/mol. The van der Waals surface area contributed by atoms with Gasteiger partial charge in [-0.15, -0.1) is 5.75 Å². The molecule has 0 aliphatic heterocycles. The van der Waals surface area contributed by atoms with Crippen LogP contribution in [0.25, 0.3) is 0 Å². The maximum absolute atomic E-state index is 13.5. The van der Waals surface area contributed by atoms with E-state index in [-0.39, 0.29) is 16.6 Å². The monoisotopic (exact) mass is 569 g/mol. The Bertz CT molecular complexity index is 1550. The summed E-state index contributed by atoms with van der Waals surface area (Å²) in [5.41, 5.74) is 2.92. The minimum absolute atomic E-state index is 0.122. The first-order chi connectivity index (χ1) is 20.0. The molecule has 5 aromatic carbocycles. The van der Waals surface area contributed by atoms with Crippen molar-refractivity contribution in [3.05, 3.63) is 144 Å². The van der Waals surface area contributed by atoms with Crippen LogP contribution in [-0.4, -0.2) is 6.21 Å². The highest BCUT2D eigenvalue weighted by Crippen LogP contribution is 2.54. The summed E-state index contributed by atoms with van der Waals surface area (Å²) in [6.07, 6.45) is 2.00. The van der Waals surface area contributed by atoms with Gasteiger partial charge in [0.1, 0.15) is 28.5 Å². The number of aliphatic imine (C=N–C) groups is 1. The number of rotatable bonds is 6. The van der Waals surface area contributed by atoms with Crippen LogP contribution >= 0.6 is 7.26 Å². The Kier molecular flexibility index (Phi) is 8.22. The Balaban J connectivity index is 1.77. The molecule has 0 unspecified atom stereocenters. The molecule has 42 heavy (non-hydrogen) atoms. The van der Waals surface area contributed by atoms with Gasteiger partial charge < -0.3 is 5.11 Å². The lowest BCUT2D eigenvalue weighted by atomic mass is 9.79. The number of benzene rings is 5. The summed E-state index contributed by atoms with van der Waals surface area (Å²) in [6.45, 7) is 12.6. The Morgan fingerprint density at radius 2 is 0.929 bits per heavy atom. The fourth-order valence-corrected chi connectivity index (χ4v) is 10.1. The van der Waals surface area contributed by atoms with Crippen molar-refractivity contribution in [2.75, 3.05) is 0 Å². The lowest BCUT2D eigenvalue weighted by Gasteiger charge is -2.33. The molecule has 0 radical (unpaired) electrons. The van der Waals surface area contributed by atoms with E-state index in [9.17, 15) is 5.11 Å². The van der Waals surface area contributed by atoms with E-state index in [0.29, 0.717) is 0 Å². The number of nitrogens with zero attached hydrogens (tertiary/aromatic N) is 1. The molecule has 0 aliphatic carbocycles. The number of hydrogen-bond donors (Lipinski definition) is 0. The predicted molar refractivity (Wildman–Crippen MR) is 182 cm³/mol. The van der Waals surface area contributed by atoms with E-state index in [2.05, 4.69) is 157 Å². The van der Waals surface area contributed by atoms with E-state index in [1.165, 1.54) is 21.2 Å². The highest BCUT2D eigenvalue weighted by molar-refractivity contribution is 8.01. The van der Waals surface area contributed by atoms with Gasteiger partial charge in [0, 0.05) is 11.8 Å². The molecule has 0 aromatic heterocycles. The normalized spacial score (nSPS) is 12.5. The SMILES string of the molecule is CC(C)(C)c1cc(N=Cc2ccccc2[P+](c2ccccc2)(c2ccccc2)c2ccccc2)cc(C(C)(C)C)c1[O-]. The Hall–Kier alpha value is -4.00. The van der Waals surface area contributed by atoms with Gasteiger partial charge in [0.05, 0.1) is 5.69 Å². The summed E-state index contributed by atoms with van der Waals surface area (Å²) in [4.78, 5) is 5.07. The second kappa shape index (κ2) is 11.7. The van der Waals surface area contributed by atoms with E-state index in [1.54, 1.807) is 0 Å². The first kappa shape index (κ1) is 29.5. The minimum atomic E-state index is -2.29. The molecule has 2 nitrogen and oxygen atoms in total. The standard InChI is InChI=1S/C39H40NOP/c1-38(2,3)34-26-30(27-35(37(34)41)39(4,5)6)40-28-29-18-16-17-25-36(29)42(31-19-10-7-11-20-31,32-21-12-8-13-22-32)33-23-14-9-15-24-33/h7-28H,1-6H3. The van der Waals surface area contributed by atoms with Gasteiger partial charge in [-0.25, -0.2) is 0 Å². The van der Waals surface area contributed by atoms with Crippen LogP contribution in [0.1, 0.15) is 58.2 Å². The third-order valence-electron chi connectivity index (χ3n) is 7.77. The van der Waals surface area contributed by atoms with Crippen LogP contribution < -0.4 is 26.3 Å². The predicted octanol–water partition coefficient (Wildman–Crippen LogP) is 7.73. The zero-order valence-corrected chi connectivity index (χ0v) is 26.4. The van der Waals surface area contributed by atoms with Crippen LogP contribution in [0.2, 0.25) is 0 Å². The molecule has 5 aromatic rings. The second-order valence-corrected chi connectivity index (χ2v) is 16.2. The van der Waals surface area contributed by atoms with E-state index in [0.717, 1.165) is 22.4 Å². The molecule has 0 bridgehead atoms. The molecule has 0 heterocycles. The molecular formula is C39H40NOP. The van der Waals surface area contributed by atoms with Crippen molar-refractivity contribution in [2.24, 2.45) is 4.99 Å². The lowest BCUT2D eigenvalue weighted by Crippen LogP contribution is -2.40. The molecule has 0 aliphatic rings. The molecule has 0 fully saturated rings. The summed E-state index contributed by atoms with van der Waals surface area (Å²) < 4.78 is 0. The van der Waals surface area contributed by atoms with Gasteiger partial charge in [-0.1, -0.05) is 108 Å². The fourth-order valence-electron chi connectivity index (χ4n) is 5.67. The van der Waals surface area contributed by atoms with Crippen LogP contribution in [0, 0.1) is 0 Å². The minimum Gasteiger partial charge on any atom is -0.872 e. The summed E-state index contributed by atoms with van der Waals surface area (Å²) in [5.74, 6) is 0.122. The first-order valence-electron chi connectivity index (χ1n) is 14.6. The van der Waals surface area contributed by atoms with Gasteiger partial charge in [-0.3, -0.25) is 4.99 Å². The Labute approximate surface area is 252 Å². The van der Waals surface area contributed by atoms with Crippen LogP contribution in [0.5, 0.6) is 5.75 Å². The van der Waals surface area contributed by atoms with Gasteiger partial charge in [-0.2, -0.15) is 0 Å². The van der Waals surface area contributed by atoms with E-state index >= 15 is 0 Å². The molecule has 0 amide bonds. The molecular weight excluding hydrogens is 529 g/mol. The van der Waals surface area contributed by atoms with Crippen LogP contribution in [0.3, 0.4) is 0 Å². The molecule has 3 heteroatoms. The molecule has 212 valence electrons. The van der Waals surface area contributed by atoms with Crippen LogP contribution in [-0.2, 0) is 10.8 Å². The lowest BCUT2D eigenvalue weighted by molar-refractivity contribution is -0.271. The summed E-state index contributed by atoms with van der Waals surface area (Å²) >= 11 is 0. The van der Waals surface area contributed by atoms with Crippen LogP contribution in [0.4, 0.5) is 5.69 Å². The molecule has 0 saturated heterocycles. The summed E-state index contributed by atoms with van der Waals surface area (Å²) in [7, 11) is -2.29. The van der Waals surface area contributed by atoms with Crippen molar-refractivity contribution in [3.8, 4) is 5.75 Å². The second-order valence-electron chi connectivity index (χ2n) is 12.9. The third-order valence-corrected chi connectivity index (χ3v) is 12.1. The van der Waals surface area contributed by atoms with Gasteiger partial charge in [0.25, 0.3) is 0 Å². The average Bonchev–Trinajstić information content (AvgIpc) is 2.98. The third kappa shape index (κ3) is 5.69. The van der Waals surface area contributed by atoms with Crippen molar-refractivity contribution in [3.63, 3.8) is 0 Å². The molecule has 0 N–H and O–H groups in total. The van der Waals surface area contributed by atoms with E-state index < -0.39 is 7.26 Å². The zero-order chi connectivity index (χ0) is 30.0. The Morgan fingerprint density at radius 3 is 1.33 bits per heavy atom. The Morgan fingerprint density at radius 1 is 0.548 bits per heavy atom. The fraction of sp³-hybridized carbons (Fsp3) is 0.205. The van der Waals surface area contributed by atoms with Gasteiger partial charge in [0.2, 0.25) is 0 Å². The van der Waals surface area contributed by atoms with Crippen molar-refractivity contribution >= 4 is 40.4 Å². The highest BCUT2D eigenvalue weighted by Gasteiger charge is 2.48. The summed E-state index contributed by atoms with van der Waals surface area (Å²) in [6, 6.07) is 45.3. The maximum Gasteiger partial charge on any atom is 0.145 e. The van der Waals surface area contributed by atoms with Crippen molar-refractivity contribution in [1.29, 1.82) is 0 Å². The smallest absolute Gasteiger partial charge is 0.145 e. The van der Waals surface area contributed by atoms with Crippen molar-refractivity contribution in [1.82, 2.24) is 0 Å². The molecule has 0 spiro atoms.